The monoisotopic (exact) mass is 320 g/mol. The highest BCUT2D eigenvalue weighted by Crippen LogP contribution is 2.26. The molecule has 100 valence electrons. The van der Waals surface area contributed by atoms with E-state index in [0.717, 1.165) is 27.8 Å². The number of rotatable bonds is 5. The number of aromatic nitrogens is 1. The molecule has 3 nitrogen and oxygen atoms in total. The first-order valence-electron chi connectivity index (χ1n) is 6.27. The third kappa shape index (κ3) is 3.78. The lowest BCUT2D eigenvalue weighted by molar-refractivity contribution is 0.300. The van der Waals surface area contributed by atoms with Gasteiger partial charge in [-0.1, -0.05) is 25.1 Å². The summed E-state index contributed by atoms with van der Waals surface area (Å²) in [7, 11) is 0. The first-order chi connectivity index (χ1) is 9.20. The van der Waals surface area contributed by atoms with Gasteiger partial charge >= 0.3 is 0 Å². The van der Waals surface area contributed by atoms with E-state index in [4.69, 9.17) is 10.5 Å². The van der Waals surface area contributed by atoms with Crippen molar-refractivity contribution in [3.05, 3.63) is 58.3 Å². The van der Waals surface area contributed by atoms with Crippen molar-refractivity contribution in [3.8, 4) is 5.75 Å². The maximum Gasteiger partial charge on any atom is 0.124 e. The number of para-hydroxylation sites is 1. The molecule has 0 spiro atoms. The van der Waals surface area contributed by atoms with Gasteiger partial charge in [-0.2, -0.15) is 0 Å². The van der Waals surface area contributed by atoms with Gasteiger partial charge in [0.25, 0.3) is 0 Å². The molecule has 19 heavy (non-hydrogen) atoms. The number of ether oxygens (including phenoxy) is 1. The average molecular weight is 321 g/mol. The van der Waals surface area contributed by atoms with Crippen molar-refractivity contribution in [2.24, 2.45) is 5.73 Å². The highest BCUT2D eigenvalue weighted by molar-refractivity contribution is 9.10. The number of benzene rings is 1. The number of nitrogens with two attached hydrogens (primary N) is 1. The molecule has 0 saturated carbocycles. The van der Waals surface area contributed by atoms with Crippen molar-refractivity contribution in [3.63, 3.8) is 0 Å². The number of nitrogens with zero attached hydrogens (tertiary/aromatic N) is 1. The molecule has 0 aliphatic heterocycles. The molecule has 4 heteroatoms. The molecule has 0 saturated heterocycles. The Morgan fingerprint density at radius 3 is 2.84 bits per heavy atom. The summed E-state index contributed by atoms with van der Waals surface area (Å²) >= 11 is 3.40. The van der Waals surface area contributed by atoms with Gasteiger partial charge in [-0.05, 0) is 34.5 Å². The normalized spacial score (nSPS) is 12.2. The van der Waals surface area contributed by atoms with Crippen LogP contribution in [-0.2, 0) is 6.61 Å². The van der Waals surface area contributed by atoms with E-state index >= 15 is 0 Å². The summed E-state index contributed by atoms with van der Waals surface area (Å²) in [6.07, 6.45) is 4.44. The van der Waals surface area contributed by atoms with Crippen LogP contribution < -0.4 is 10.5 Å². The Bertz CT molecular complexity index is 545. The van der Waals surface area contributed by atoms with Gasteiger partial charge in [0.15, 0.2) is 0 Å². The van der Waals surface area contributed by atoms with Gasteiger partial charge in [-0.3, -0.25) is 4.98 Å². The van der Waals surface area contributed by atoms with Crippen molar-refractivity contribution in [1.29, 1.82) is 0 Å². The molecule has 1 aromatic carbocycles. The van der Waals surface area contributed by atoms with Gasteiger partial charge in [-0.25, -0.2) is 0 Å². The zero-order valence-corrected chi connectivity index (χ0v) is 12.4. The SMILES string of the molecule is CCC(N)c1ccccc1OCc1cncc(Br)c1. The van der Waals surface area contributed by atoms with Crippen LogP contribution in [0.15, 0.2) is 47.2 Å². The van der Waals surface area contributed by atoms with Crippen molar-refractivity contribution in [2.75, 3.05) is 0 Å². The fourth-order valence-corrected chi connectivity index (χ4v) is 2.25. The van der Waals surface area contributed by atoms with Crippen LogP contribution in [0.5, 0.6) is 5.75 Å². The number of halogens is 1. The lowest BCUT2D eigenvalue weighted by Gasteiger charge is -2.15. The summed E-state index contributed by atoms with van der Waals surface area (Å²) in [5.41, 5.74) is 8.16. The van der Waals surface area contributed by atoms with Gasteiger partial charge in [0.1, 0.15) is 12.4 Å². The van der Waals surface area contributed by atoms with E-state index in [-0.39, 0.29) is 6.04 Å². The summed E-state index contributed by atoms with van der Waals surface area (Å²) < 4.78 is 6.81. The first kappa shape index (κ1) is 14.0. The van der Waals surface area contributed by atoms with E-state index in [1.54, 1.807) is 12.4 Å². The minimum Gasteiger partial charge on any atom is -0.489 e. The molecule has 0 amide bonds. The van der Waals surface area contributed by atoms with Crippen molar-refractivity contribution in [1.82, 2.24) is 4.98 Å². The van der Waals surface area contributed by atoms with Gasteiger partial charge < -0.3 is 10.5 Å². The van der Waals surface area contributed by atoms with Gasteiger partial charge in [0.05, 0.1) is 0 Å². The van der Waals surface area contributed by atoms with E-state index in [0.29, 0.717) is 6.61 Å². The highest BCUT2D eigenvalue weighted by Gasteiger charge is 2.09. The quantitative estimate of drug-likeness (QED) is 0.910. The minimum absolute atomic E-state index is 0.0110. The molecule has 0 fully saturated rings. The molecular weight excluding hydrogens is 304 g/mol. The predicted molar refractivity (Wildman–Crippen MR) is 79.9 cm³/mol. The summed E-state index contributed by atoms with van der Waals surface area (Å²) in [6, 6.07) is 9.92. The van der Waals surface area contributed by atoms with Gasteiger partial charge in [0, 0.05) is 34.0 Å². The second kappa shape index (κ2) is 6.68. The molecule has 0 bridgehead atoms. The minimum atomic E-state index is 0.0110. The Morgan fingerprint density at radius 2 is 2.11 bits per heavy atom. The van der Waals surface area contributed by atoms with E-state index < -0.39 is 0 Å². The van der Waals surface area contributed by atoms with Crippen LogP contribution in [0.4, 0.5) is 0 Å². The van der Waals surface area contributed by atoms with Crippen LogP contribution in [0.3, 0.4) is 0 Å². The summed E-state index contributed by atoms with van der Waals surface area (Å²) in [5, 5.41) is 0. The maximum atomic E-state index is 6.09. The topological polar surface area (TPSA) is 48.1 Å². The highest BCUT2D eigenvalue weighted by atomic mass is 79.9. The van der Waals surface area contributed by atoms with Crippen LogP contribution in [0, 0.1) is 0 Å². The van der Waals surface area contributed by atoms with Gasteiger partial charge in [0.2, 0.25) is 0 Å². The summed E-state index contributed by atoms with van der Waals surface area (Å²) in [4.78, 5) is 4.12. The number of hydrogen-bond donors (Lipinski definition) is 1. The van der Waals surface area contributed by atoms with Crippen LogP contribution in [-0.4, -0.2) is 4.98 Å². The Balaban J connectivity index is 2.11. The fourth-order valence-electron chi connectivity index (χ4n) is 1.83. The summed E-state index contributed by atoms with van der Waals surface area (Å²) in [5.74, 6) is 0.844. The van der Waals surface area contributed by atoms with E-state index in [1.165, 1.54) is 0 Å². The van der Waals surface area contributed by atoms with E-state index in [2.05, 4.69) is 27.8 Å². The standard InChI is InChI=1S/C15H17BrN2O/c1-2-14(17)13-5-3-4-6-15(13)19-10-11-7-12(16)9-18-8-11/h3-9,14H,2,10,17H2,1H3. The maximum absolute atomic E-state index is 6.09. The Kier molecular flexibility index (Phi) is 4.93. The molecule has 0 aliphatic rings. The average Bonchev–Trinajstić information content (AvgIpc) is 2.45. The molecule has 1 atom stereocenters. The zero-order valence-electron chi connectivity index (χ0n) is 10.8. The molecule has 2 N–H and O–H groups in total. The molecule has 1 unspecified atom stereocenters. The lowest BCUT2D eigenvalue weighted by atomic mass is 10.0. The van der Waals surface area contributed by atoms with Crippen molar-refractivity contribution >= 4 is 15.9 Å². The molecule has 1 aromatic heterocycles. The Labute approximate surface area is 121 Å². The van der Waals surface area contributed by atoms with Crippen LogP contribution >= 0.6 is 15.9 Å². The Morgan fingerprint density at radius 1 is 1.32 bits per heavy atom. The second-order valence-electron chi connectivity index (χ2n) is 4.35. The smallest absolute Gasteiger partial charge is 0.124 e. The molecule has 2 rings (SSSR count). The van der Waals surface area contributed by atoms with E-state index in [9.17, 15) is 0 Å². The fraction of sp³-hybridized carbons (Fsp3) is 0.267. The molecule has 0 aliphatic carbocycles. The van der Waals surface area contributed by atoms with Crippen LogP contribution in [0.2, 0.25) is 0 Å². The largest absolute Gasteiger partial charge is 0.489 e. The number of hydrogen-bond acceptors (Lipinski definition) is 3. The van der Waals surface area contributed by atoms with E-state index in [1.807, 2.05) is 30.3 Å². The van der Waals surface area contributed by atoms with Crippen molar-refractivity contribution < 1.29 is 4.74 Å². The zero-order chi connectivity index (χ0) is 13.7. The summed E-state index contributed by atoms with van der Waals surface area (Å²) in [6.45, 7) is 2.56. The number of pyridine rings is 1. The van der Waals surface area contributed by atoms with Gasteiger partial charge in [-0.15, -0.1) is 0 Å². The third-order valence-electron chi connectivity index (χ3n) is 2.91. The predicted octanol–water partition coefficient (Wildman–Crippen LogP) is 3.83. The molecule has 1 heterocycles. The third-order valence-corrected chi connectivity index (χ3v) is 3.35. The second-order valence-corrected chi connectivity index (χ2v) is 5.27. The Hall–Kier alpha value is -1.39. The van der Waals surface area contributed by atoms with Crippen LogP contribution in [0.25, 0.3) is 0 Å². The molecule has 2 aromatic rings. The molecular formula is C15H17BrN2O. The first-order valence-corrected chi connectivity index (χ1v) is 7.06. The lowest BCUT2D eigenvalue weighted by Crippen LogP contribution is -2.10. The van der Waals surface area contributed by atoms with Crippen molar-refractivity contribution in [2.45, 2.75) is 26.0 Å². The molecule has 0 radical (unpaired) electrons. The van der Waals surface area contributed by atoms with Crippen LogP contribution in [0.1, 0.15) is 30.5 Å².